The second kappa shape index (κ2) is 7.05. The van der Waals surface area contributed by atoms with Gasteiger partial charge in [0.1, 0.15) is 0 Å². The van der Waals surface area contributed by atoms with Gasteiger partial charge in [0.05, 0.1) is 4.90 Å². The number of aromatic nitrogens is 2. The lowest BCUT2D eigenvalue weighted by Crippen LogP contribution is -2.27. The zero-order valence-corrected chi connectivity index (χ0v) is 16.8. The molecule has 1 aromatic carbocycles. The fourth-order valence-electron chi connectivity index (χ4n) is 2.91. The van der Waals surface area contributed by atoms with Gasteiger partial charge in [0.25, 0.3) is 0 Å². The van der Waals surface area contributed by atoms with Gasteiger partial charge in [0, 0.05) is 37.5 Å². The Hall–Kier alpha value is -2.26. The Morgan fingerprint density at radius 1 is 1.33 bits per heavy atom. The highest BCUT2D eigenvalue weighted by atomic mass is 32.2. The molecule has 1 aliphatic rings. The van der Waals surface area contributed by atoms with E-state index in [2.05, 4.69) is 14.9 Å². The maximum absolute atomic E-state index is 12.5. The summed E-state index contributed by atoms with van der Waals surface area (Å²) in [6.07, 6.45) is 0.985. The van der Waals surface area contributed by atoms with Crippen molar-refractivity contribution in [1.82, 2.24) is 14.9 Å². The lowest BCUT2D eigenvalue weighted by molar-refractivity contribution is -0.116. The number of carbonyl (C=O) groups is 1. The minimum atomic E-state index is -3.65. The number of hydrogen-bond acceptors (Lipinski definition) is 6. The summed E-state index contributed by atoms with van der Waals surface area (Å²) in [5, 5.41) is 3.89. The van der Waals surface area contributed by atoms with Crippen LogP contribution in [0.3, 0.4) is 0 Å². The maximum Gasteiger partial charge on any atom is 0.240 e. The molecule has 3 rings (SSSR count). The lowest BCUT2D eigenvalue weighted by atomic mass is 9.97. The molecule has 0 spiro atoms. The van der Waals surface area contributed by atoms with Crippen molar-refractivity contribution in [2.75, 3.05) is 18.0 Å². The molecule has 8 nitrogen and oxygen atoms in total. The highest BCUT2D eigenvalue weighted by molar-refractivity contribution is 7.89. The van der Waals surface area contributed by atoms with E-state index in [-0.39, 0.29) is 22.8 Å². The van der Waals surface area contributed by atoms with E-state index in [1.54, 1.807) is 17.0 Å². The number of sulfonamides is 1. The molecule has 1 aromatic heterocycles. The van der Waals surface area contributed by atoms with Gasteiger partial charge < -0.3 is 9.42 Å². The van der Waals surface area contributed by atoms with Crippen LogP contribution >= 0.6 is 0 Å². The van der Waals surface area contributed by atoms with Gasteiger partial charge >= 0.3 is 0 Å². The molecule has 0 bridgehead atoms. The van der Waals surface area contributed by atoms with Crippen molar-refractivity contribution in [1.29, 1.82) is 0 Å². The second-order valence-electron chi connectivity index (χ2n) is 7.62. The van der Waals surface area contributed by atoms with Gasteiger partial charge in [-0.1, -0.05) is 25.9 Å². The third-order valence-corrected chi connectivity index (χ3v) is 5.85. The third kappa shape index (κ3) is 4.19. The summed E-state index contributed by atoms with van der Waals surface area (Å²) in [6, 6.07) is 4.84. The Bertz CT molecular complexity index is 960. The predicted molar refractivity (Wildman–Crippen MR) is 100 cm³/mol. The summed E-state index contributed by atoms with van der Waals surface area (Å²) in [4.78, 5) is 17.7. The Morgan fingerprint density at radius 3 is 2.70 bits per heavy atom. The molecule has 0 saturated heterocycles. The smallest absolute Gasteiger partial charge is 0.240 e. The summed E-state index contributed by atoms with van der Waals surface area (Å²) in [5.41, 5.74) is 1.40. The standard InChI is InChI=1S/C18H24N4O4S/c1-12(23)22-10-8-13-11-14(5-6-15(13)22)27(24,25)19-9-7-16-20-17(26-21-16)18(2,3)4/h5-6,11,19H,7-10H2,1-4H3. The van der Waals surface area contributed by atoms with Crippen molar-refractivity contribution in [2.24, 2.45) is 0 Å². The van der Waals surface area contributed by atoms with E-state index < -0.39 is 10.0 Å². The van der Waals surface area contributed by atoms with E-state index in [0.717, 1.165) is 11.3 Å². The first-order valence-electron chi connectivity index (χ1n) is 8.82. The minimum absolute atomic E-state index is 0.0442. The molecule has 0 radical (unpaired) electrons. The van der Waals surface area contributed by atoms with Crippen LogP contribution in [0.5, 0.6) is 0 Å². The number of anilines is 1. The normalized spacial score (nSPS) is 14.4. The molecule has 9 heteroatoms. The molecule has 0 atom stereocenters. The molecule has 0 unspecified atom stereocenters. The molecule has 2 aromatic rings. The Labute approximate surface area is 159 Å². The van der Waals surface area contributed by atoms with Crippen LogP contribution in [0.4, 0.5) is 5.69 Å². The monoisotopic (exact) mass is 392 g/mol. The van der Waals surface area contributed by atoms with Gasteiger partial charge in [0.15, 0.2) is 5.82 Å². The van der Waals surface area contributed by atoms with Crippen LogP contribution in [0.2, 0.25) is 0 Å². The van der Waals surface area contributed by atoms with Gasteiger partial charge in [0.2, 0.25) is 21.8 Å². The van der Waals surface area contributed by atoms with Gasteiger partial charge in [-0.2, -0.15) is 4.98 Å². The fourth-order valence-corrected chi connectivity index (χ4v) is 4.00. The first-order chi connectivity index (χ1) is 12.6. The predicted octanol–water partition coefficient (Wildman–Crippen LogP) is 1.80. The highest BCUT2D eigenvalue weighted by Gasteiger charge is 2.25. The highest BCUT2D eigenvalue weighted by Crippen LogP contribution is 2.30. The summed E-state index contributed by atoms with van der Waals surface area (Å²) in [7, 11) is -3.65. The van der Waals surface area contributed by atoms with Gasteiger partial charge in [-0.05, 0) is 30.2 Å². The molecule has 146 valence electrons. The van der Waals surface area contributed by atoms with Gasteiger partial charge in [-0.25, -0.2) is 13.1 Å². The number of nitrogens with zero attached hydrogens (tertiary/aromatic N) is 3. The molecule has 1 N–H and O–H groups in total. The van der Waals surface area contributed by atoms with E-state index in [0.29, 0.717) is 31.1 Å². The van der Waals surface area contributed by atoms with Crippen molar-refractivity contribution >= 4 is 21.6 Å². The van der Waals surface area contributed by atoms with Crippen LogP contribution in [0.25, 0.3) is 0 Å². The molecule has 1 aliphatic heterocycles. The molecule has 0 saturated carbocycles. The fraction of sp³-hybridized carbons (Fsp3) is 0.500. The van der Waals surface area contributed by atoms with Crippen molar-refractivity contribution < 1.29 is 17.7 Å². The maximum atomic E-state index is 12.5. The number of amides is 1. The topological polar surface area (TPSA) is 105 Å². The van der Waals surface area contributed by atoms with Crippen LogP contribution in [0.1, 0.15) is 45.0 Å². The van der Waals surface area contributed by atoms with E-state index in [1.807, 2.05) is 20.8 Å². The van der Waals surface area contributed by atoms with Crippen LogP contribution in [0.15, 0.2) is 27.6 Å². The first-order valence-corrected chi connectivity index (χ1v) is 10.3. The van der Waals surface area contributed by atoms with E-state index in [1.165, 1.54) is 13.0 Å². The number of benzene rings is 1. The van der Waals surface area contributed by atoms with Crippen molar-refractivity contribution in [2.45, 2.75) is 50.8 Å². The molecular formula is C18H24N4O4S. The molecule has 0 fully saturated rings. The lowest BCUT2D eigenvalue weighted by Gasteiger charge is -2.15. The Kier molecular flexibility index (Phi) is 5.09. The average molecular weight is 392 g/mol. The van der Waals surface area contributed by atoms with Crippen molar-refractivity contribution in [3.8, 4) is 0 Å². The van der Waals surface area contributed by atoms with Crippen molar-refractivity contribution in [3.05, 3.63) is 35.5 Å². The third-order valence-electron chi connectivity index (χ3n) is 4.39. The largest absolute Gasteiger partial charge is 0.339 e. The molecule has 27 heavy (non-hydrogen) atoms. The van der Waals surface area contributed by atoms with Gasteiger partial charge in [-0.3, -0.25) is 4.79 Å². The number of fused-ring (bicyclic) bond motifs is 1. The van der Waals surface area contributed by atoms with Crippen LogP contribution in [-0.2, 0) is 33.1 Å². The second-order valence-corrected chi connectivity index (χ2v) is 9.39. The van der Waals surface area contributed by atoms with Crippen LogP contribution in [-0.4, -0.2) is 37.6 Å². The molecular weight excluding hydrogens is 368 g/mol. The van der Waals surface area contributed by atoms with Crippen LogP contribution < -0.4 is 9.62 Å². The van der Waals surface area contributed by atoms with Crippen LogP contribution in [0, 0.1) is 0 Å². The van der Waals surface area contributed by atoms with E-state index in [4.69, 9.17) is 4.52 Å². The number of nitrogens with one attached hydrogen (secondary N) is 1. The first kappa shape index (κ1) is 19.5. The molecule has 1 amide bonds. The summed E-state index contributed by atoms with van der Waals surface area (Å²) >= 11 is 0. The number of carbonyl (C=O) groups excluding carboxylic acids is 1. The zero-order valence-electron chi connectivity index (χ0n) is 15.9. The molecule has 0 aliphatic carbocycles. The summed E-state index contributed by atoms with van der Waals surface area (Å²) in [5.74, 6) is 0.944. The number of rotatable bonds is 5. The van der Waals surface area contributed by atoms with E-state index >= 15 is 0 Å². The van der Waals surface area contributed by atoms with E-state index in [9.17, 15) is 13.2 Å². The zero-order chi connectivity index (χ0) is 19.8. The Morgan fingerprint density at radius 2 is 2.07 bits per heavy atom. The minimum Gasteiger partial charge on any atom is -0.339 e. The van der Waals surface area contributed by atoms with Gasteiger partial charge in [-0.15, -0.1) is 0 Å². The number of hydrogen-bond donors (Lipinski definition) is 1. The quantitative estimate of drug-likeness (QED) is 0.832. The Balaban J connectivity index is 1.65. The average Bonchev–Trinajstić information content (AvgIpc) is 3.20. The SMILES string of the molecule is CC(=O)N1CCc2cc(S(=O)(=O)NCCc3noc(C(C)(C)C)n3)ccc21. The summed E-state index contributed by atoms with van der Waals surface area (Å²) < 4.78 is 32.9. The summed E-state index contributed by atoms with van der Waals surface area (Å²) in [6.45, 7) is 8.15. The molecule has 2 heterocycles. The van der Waals surface area contributed by atoms with Crippen molar-refractivity contribution in [3.63, 3.8) is 0 Å².